The number of hydrogen-bond donors (Lipinski definition) is 0. The molecule has 0 radical (unpaired) electrons. The minimum atomic E-state index is -5.73. The van der Waals surface area contributed by atoms with E-state index in [9.17, 15) is 30.7 Å². The summed E-state index contributed by atoms with van der Waals surface area (Å²) < 4.78 is 86.6. The Kier molecular flexibility index (Phi) is 3.51. The number of alkyl halides is 5. The van der Waals surface area contributed by atoms with Gasteiger partial charge in [0.15, 0.2) is 5.57 Å². The molecule has 0 bridgehead atoms. The zero-order valence-electron chi connectivity index (χ0n) is 7.92. The maximum Gasteiger partial charge on any atom is 0.425 e. The lowest BCUT2D eigenvalue weighted by Crippen LogP contribution is -2.45. The third-order valence-electron chi connectivity index (χ3n) is 2.28. The van der Waals surface area contributed by atoms with Crippen LogP contribution >= 0.6 is 0 Å². The zero-order valence-corrected chi connectivity index (χ0v) is 7.92. The lowest BCUT2D eigenvalue weighted by Gasteiger charge is -2.29. The van der Waals surface area contributed by atoms with Gasteiger partial charge in [0.1, 0.15) is 0 Å². The van der Waals surface area contributed by atoms with Crippen molar-refractivity contribution in [2.45, 2.75) is 25.1 Å². The molecule has 0 aromatic heterocycles. The van der Waals surface area contributed by atoms with Crippen molar-refractivity contribution in [3.63, 3.8) is 0 Å². The van der Waals surface area contributed by atoms with Gasteiger partial charge in [-0.1, -0.05) is 0 Å². The second-order valence-corrected chi connectivity index (χ2v) is 3.37. The molecule has 1 rings (SSSR count). The van der Waals surface area contributed by atoms with Crippen molar-refractivity contribution in [3.05, 3.63) is 11.7 Å². The highest BCUT2D eigenvalue weighted by molar-refractivity contribution is 5.19. The van der Waals surface area contributed by atoms with Crippen LogP contribution in [0.15, 0.2) is 11.7 Å². The van der Waals surface area contributed by atoms with Crippen molar-refractivity contribution in [1.29, 1.82) is 0 Å². The van der Waals surface area contributed by atoms with E-state index in [-0.39, 0.29) is 30.8 Å². The summed E-state index contributed by atoms with van der Waals surface area (Å²) in [5.41, 5.74) is -3.05. The predicted molar refractivity (Wildman–Crippen MR) is 41.1 cm³/mol. The van der Waals surface area contributed by atoms with Gasteiger partial charge in [0.05, 0.1) is 0 Å². The van der Waals surface area contributed by atoms with Crippen LogP contribution in [0.25, 0.3) is 0 Å². The molecule has 0 unspecified atom stereocenters. The van der Waals surface area contributed by atoms with E-state index in [0.717, 1.165) is 0 Å². The Morgan fingerprint density at radius 3 is 1.62 bits per heavy atom. The first-order valence-electron chi connectivity index (χ1n) is 4.43. The minimum absolute atomic E-state index is 0.120. The van der Waals surface area contributed by atoms with Crippen LogP contribution < -0.4 is 0 Å². The third kappa shape index (κ3) is 2.47. The molecule has 16 heavy (non-hydrogen) atoms. The molecule has 0 saturated carbocycles. The molecule has 8 heteroatoms. The second-order valence-electron chi connectivity index (χ2n) is 3.37. The fraction of sp³-hybridized carbons (Fsp3) is 0.750. The van der Waals surface area contributed by atoms with Crippen LogP contribution in [0.3, 0.4) is 0 Å². The van der Waals surface area contributed by atoms with E-state index in [2.05, 4.69) is 0 Å². The Morgan fingerprint density at radius 1 is 0.875 bits per heavy atom. The van der Waals surface area contributed by atoms with Crippen LogP contribution in [-0.2, 0) is 0 Å². The molecule has 1 aliphatic heterocycles. The first kappa shape index (κ1) is 13.3. The van der Waals surface area contributed by atoms with Crippen molar-refractivity contribution in [3.8, 4) is 0 Å². The Bertz CT molecular complexity index is 283. The summed E-state index contributed by atoms with van der Waals surface area (Å²) in [7, 11) is 0. The molecule has 94 valence electrons. The van der Waals surface area contributed by atoms with Gasteiger partial charge in [0, 0.05) is 13.1 Å². The molecular weight excluding hydrogens is 243 g/mol. The second kappa shape index (κ2) is 4.23. The maximum atomic E-state index is 13.2. The van der Waals surface area contributed by atoms with Crippen LogP contribution in [0.5, 0.6) is 0 Å². The van der Waals surface area contributed by atoms with Crippen molar-refractivity contribution < 1.29 is 30.7 Å². The SMILES string of the molecule is FC(F)=C(C(F)(F)F)C(F)(F)N1CCCC1. The van der Waals surface area contributed by atoms with Crippen molar-refractivity contribution in [2.24, 2.45) is 0 Å². The topological polar surface area (TPSA) is 3.24 Å². The third-order valence-corrected chi connectivity index (χ3v) is 2.28. The molecule has 0 aliphatic carbocycles. The van der Waals surface area contributed by atoms with E-state index < -0.39 is 23.9 Å². The molecule has 1 heterocycles. The van der Waals surface area contributed by atoms with Gasteiger partial charge in [-0.05, 0) is 12.8 Å². The zero-order chi connectivity index (χ0) is 12.6. The number of rotatable bonds is 2. The minimum Gasteiger partial charge on any atom is -0.240 e. The lowest BCUT2D eigenvalue weighted by molar-refractivity contribution is -0.178. The van der Waals surface area contributed by atoms with Gasteiger partial charge in [-0.15, -0.1) is 0 Å². The van der Waals surface area contributed by atoms with Crippen LogP contribution in [-0.4, -0.2) is 30.2 Å². The molecule has 0 aromatic carbocycles. The van der Waals surface area contributed by atoms with Gasteiger partial charge in [0.25, 0.3) is 6.08 Å². The molecule has 1 aliphatic rings. The molecule has 1 fully saturated rings. The number of nitrogens with zero attached hydrogens (tertiary/aromatic N) is 1. The highest BCUT2D eigenvalue weighted by Crippen LogP contribution is 2.43. The predicted octanol–water partition coefficient (Wildman–Crippen LogP) is 3.39. The lowest BCUT2D eigenvalue weighted by atomic mass is 10.2. The van der Waals surface area contributed by atoms with Gasteiger partial charge in [-0.25, -0.2) is 4.90 Å². The average Bonchev–Trinajstić information content (AvgIpc) is 2.49. The Balaban J connectivity index is 3.07. The van der Waals surface area contributed by atoms with E-state index in [4.69, 9.17) is 0 Å². The van der Waals surface area contributed by atoms with Gasteiger partial charge < -0.3 is 0 Å². The summed E-state index contributed by atoms with van der Waals surface area (Å²) in [6.07, 6.45) is -8.57. The summed E-state index contributed by atoms with van der Waals surface area (Å²) in [5, 5.41) is 0. The highest BCUT2D eigenvalue weighted by Gasteiger charge is 2.57. The van der Waals surface area contributed by atoms with Gasteiger partial charge in [0.2, 0.25) is 0 Å². The largest absolute Gasteiger partial charge is 0.425 e. The fourth-order valence-corrected chi connectivity index (χ4v) is 1.55. The monoisotopic (exact) mass is 251 g/mol. The van der Waals surface area contributed by atoms with E-state index >= 15 is 0 Å². The molecule has 0 atom stereocenters. The summed E-state index contributed by atoms with van der Waals surface area (Å²) in [6, 6.07) is -4.66. The molecule has 0 N–H and O–H groups in total. The Hall–Kier alpha value is -0.790. The van der Waals surface area contributed by atoms with Gasteiger partial charge >= 0.3 is 12.2 Å². The smallest absolute Gasteiger partial charge is 0.240 e. The van der Waals surface area contributed by atoms with E-state index in [1.165, 1.54) is 0 Å². The molecule has 0 amide bonds. The van der Waals surface area contributed by atoms with Crippen LogP contribution in [0.4, 0.5) is 30.7 Å². The van der Waals surface area contributed by atoms with Crippen molar-refractivity contribution in [2.75, 3.05) is 13.1 Å². The highest BCUT2D eigenvalue weighted by atomic mass is 19.4. The number of hydrogen-bond acceptors (Lipinski definition) is 1. The van der Waals surface area contributed by atoms with Crippen LogP contribution in [0.1, 0.15) is 12.8 Å². The first-order valence-corrected chi connectivity index (χ1v) is 4.43. The number of likely N-dealkylation sites (tertiary alicyclic amines) is 1. The molecule has 1 nitrogen and oxygen atoms in total. The molecular formula is C8H8F7N. The van der Waals surface area contributed by atoms with Crippen molar-refractivity contribution >= 4 is 0 Å². The summed E-state index contributed by atoms with van der Waals surface area (Å²) in [6.45, 7) is -0.639. The molecule has 0 spiro atoms. The van der Waals surface area contributed by atoms with Crippen LogP contribution in [0, 0.1) is 0 Å². The quantitative estimate of drug-likeness (QED) is 0.537. The van der Waals surface area contributed by atoms with Crippen LogP contribution in [0.2, 0.25) is 0 Å². The summed E-state index contributed by atoms with van der Waals surface area (Å²) >= 11 is 0. The maximum absolute atomic E-state index is 13.2. The first-order chi connectivity index (χ1) is 7.17. The average molecular weight is 251 g/mol. The normalized spacial score (nSPS) is 18.9. The van der Waals surface area contributed by atoms with Crippen molar-refractivity contribution in [1.82, 2.24) is 4.90 Å². The Labute approximate surface area is 86.5 Å². The number of halogens is 7. The fourth-order valence-electron chi connectivity index (χ4n) is 1.55. The molecule has 0 aromatic rings. The van der Waals surface area contributed by atoms with E-state index in [1.807, 2.05) is 0 Å². The van der Waals surface area contributed by atoms with E-state index in [1.54, 1.807) is 0 Å². The van der Waals surface area contributed by atoms with E-state index in [0.29, 0.717) is 0 Å². The van der Waals surface area contributed by atoms with Gasteiger partial charge in [-0.2, -0.15) is 30.7 Å². The van der Waals surface area contributed by atoms with Gasteiger partial charge in [-0.3, -0.25) is 0 Å². The Morgan fingerprint density at radius 2 is 1.31 bits per heavy atom. The summed E-state index contributed by atoms with van der Waals surface area (Å²) in [5.74, 6) is 0. The summed E-state index contributed by atoms with van der Waals surface area (Å²) in [4.78, 5) is 0.120. The molecule has 1 saturated heterocycles. The standard InChI is InChI=1S/C8H8F7N/c9-6(10)5(7(11,12)13)8(14,15)16-3-1-2-4-16/h1-4H2.